The first kappa shape index (κ1) is 24.2. The number of furan rings is 1. The Morgan fingerprint density at radius 2 is 1.55 bits per heavy atom. The van der Waals surface area contributed by atoms with Gasteiger partial charge >= 0.3 is 0 Å². The Morgan fingerprint density at radius 3 is 2.29 bits per heavy atom. The van der Waals surface area contributed by atoms with Gasteiger partial charge in [-0.3, -0.25) is 4.98 Å². The summed E-state index contributed by atoms with van der Waals surface area (Å²) in [6.07, 6.45) is 3.73. The summed E-state index contributed by atoms with van der Waals surface area (Å²) in [5.41, 5.74) is 11.5. The van der Waals surface area contributed by atoms with Gasteiger partial charge in [0.2, 0.25) is 0 Å². The minimum Gasteiger partial charge on any atom is -0.464 e. The van der Waals surface area contributed by atoms with Crippen LogP contribution in [-0.2, 0) is 6.54 Å². The third-order valence-electron chi connectivity index (χ3n) is 7.51. The Kier molecular flexibility index (Phi) is 6.11. The Bertz CT molecular complexity index is 1740. The molecule has 6 rings (SSSR count). The first-order valence-corrected chi connectivity index (χ1v) is 13.4. The molecule has 0 atom stereocenters. The van der Waals surface area contributed by atoms with E-state index in [0.717, 1.165) is 56.8 Å². The smallest absolute Gasteiger partial charge is 0.145 e. The van der Waals surface area contributed by atoms with Crippen molar-refractivity contribution < 1.29 is 4.42 Å². The molecule has 0 aliphatic rings. The zero-order valence-corrected chi connectivity index (χ0v) is 22.7. The van der Waals surface area contributed by atoms with Gasteiger partial charge in [-0.25, -0.2) is 4.98 Å². The zero-order chi connectivity index (χ0) is 26.4. The predicted octanol–water partition coefficient (Wildman–Crippen LogP) is 9.12. The van der Waals surface area contributed by atoms with Gasteiger partial charge in [-0.05, 0) is 83.0 Å². The maximum Gasteiger partial charge on any atom is 0.145 e. The van der Waals surface area contributed by atoms with Crippen molar-refractivity contribution in [2.24, 2.45) is 0 Å². The number of aryl methyl sites for hydroxylation is 1. The molecule has 0 radical (unpaired) electrons. The molecule has 0 saturated heterocycles. The van der Waals surface area contributed by atoms with Crippen LogP contribution in [0, 0.1) is 6.92 Å². The van der Waals surface area contributed by atoms with Crippen LogP contribution in [0.1, 0.15) is 61.9 Å². The molecule has 6 aromatic rings. The van der Waals surface area contributed by atoms with E-state index < -0.39 is 0 Å². The van der Waals surface area contributed by atoms with E-state index in [-0.39, 0.29) is 0 Å². The molecule has 0 aliphatic carbocycles. The molecular weight excluding hydrogens is 466 g/mol. The normalized spacial score (nSPS) is 11.9. The van der Waals surface area contributed by atoms with Gasteiger partial charge in [-0.1, -0.05) is 64.1 Å². The molecule has 3 aromatic carbocycles. The zero-order valence-electron chi connectivity index (χ0n) is 22.7. The van der Waals surface area contributed by atoms with Crippen molar-refractivity contribution in [2.75, 3.05) is 0 Å². The lowest BCUT2D eigenvalue weighted by Crippen LogP contribution is -2.10. The van der Waals surface area contributed by atoms with Crippen LogP contribution in [0.25, 0.3) is 44.5 Å². The maximum absolute atomic E-state index is 6.08. The number of para-hydroxylation sites is 2. The van der Waals surface area contributed by atoms with Crippen molar-refractivity contribution in [1.82, 2.24) is 14.5 Å². The minimum atomic E-state index is 0.433. The molecular formula is C34H33N3O. The summed E-state index contributed by atoms with van der Waals surface area (Å²) in [5, 5.41) is 1.06. The van der Waals surface area contributed by atoms with Crippen LogP contribution < -0.4 is 0 Å². The lowest BCUT2D eigenvalue weighted by molar-refractivity contribution is 0.616. The van der Waals surface area contributed by atoms with Crippen molar-refractivity contribution >= 4 is 22.0 Å². The average molecular weight is 500 g/mol. The second-order valence-corrected chi connectivity index (χ2v) is 10.8. The third kappa shape index (κ3) is 4.20. The molecule has 0 amide bonds. The summed E-state index contributed by atoms with van der Waals surface area (Å²) in [6, 6.07) is 25.7. The Balaban J connectivity index is 1.56. The van der Waals surface area contributed by atoms with E-state index in [4.69, 9.17) is 9.40 Å². The van der Waals surface area contributed by atoms with E-state index in [1.807, 2.05) is 19.4 Å². The largest absolute Gasteiger partial charge is 0.464 e. The van der Waals surface area contributed by atoms with Gasteiger partial charge in [0.1, 0.15) is 17.7 Å². The SMILES string of the molecule is Cc1cc(-c2ccc3occ(-c4nc5ccccc5n4Cc4c(C(C)C)cccc4C(C)C)c3c2)ccn1. The number of rotatable bonds is 6. The number of nitrogens with zero attached hydrogens (tertiary/aromatic N) is 3. The molecule has 3 heterocycles. The van der Waals surface area contributed by atoms with Gasteiger partial charge in [-0.15, -0.1) is 0 Å². The van der Waals surface area contributed by atoms with Crippen LogP contribution >= 0.6 is 0 Å². The summed E-state index contributed by atoms with van der Waals surface area (Å²) in [4.78, 5) is 9.53. The molecule has 0 fully saturated rings. The molecule has 0 spiro atoms. The first-order valence-electron chi connectivity index (χ1n) is 13.4. The van der Waals surface area contributed by atoms with Crippen molar-refractivity contribution in [2.45, 2.75) is 53.0 Å². The average Bonchev–Trinajstić information content (AvgIpc) is 3.49. The summed E-state index contributed by atoms with van der Waals surface area (Å²) in [6.45, 7) is 11.9. The second-order valence-electron chi connectivity index (χ2n) is 10.8. The first-order chi connectivity index (χ1) is 18.4. The number of hydrogen-bond acceptors (Lipinski definition) is 3. The van der Waals surface area contributed by atoms with E-state index >= 15 is 0 Å². The number of pyridine rings is 1. The highest BCUT2D eigenvalue weighted by Crippen LogP contribution is 2.37. The highest BCUT2D eigenvalue weighted by Gasteiger charge is 2.21. The van der Waals surface area contributed by atoms with Crippen LogP contribution in [0.4, 0.5) is 0 Å². The highest BCUT2D eigenvalue weighted by molar-refractivity contribution is 5.97. The van der Waals surface area contributed by atoms with E-state index in [1.165, 1.54) is 16.7 Å². The summed E-state index contributed by atoms with van der Waals surface area (Å²) in [5.74, 6) is 1.80. The summed E-state index contributed by atoms with van der Waals surface area (Å²) in [7, 11) is 0. The predicted molar refractivity (Wildman–Crippen MR) is 157 cm³/mol. The molecule has 0 saturated carbocycles. The van der Waals surface area contributed by atoms with E-state index in [2.05, 4.69) is 110 Å². The number of benzene rings is 3. The molecule has 4 nitrogen and oxygen atoms in total. The highest BCUT2D eigenvalue weighted by atomic mass is 16.3. The van der Waals surface area contributed by atoms with Crippen molar-refractivity contribution in [1.29, 1.82) is 0 Å². The molecule has 190 valence electrons. The van der Waals surface area contributed by atoms with Gasteiger partial charge in [0.25, 0.3) is 0 Å². The quantitative estimate of drug-likeness (QED) is 0.229. The topological polar surface area (TPSA) is 43.9 Å². The van der Waals surface area contributed by atoms with E-state index in [1.54, 1.807) is 0 Å². The number of aromatic nitrogens is 3. The maximum atomic E-state index is 6.08. The van der Waals surface area contributed by atoms with Crippen LogP contribution in [0.15, 0.2) is 89.7 Å². The second kappa shape index (κ2) is 9.60. The Morgan fingerprint density at radius 1 is 0.816 bits per heavy atom. The number of hydrogen-bond donors (Lipinski definition) is 0. The molecule has 0 aliphatic heterocycles. The minimum absolute atomic E-state index is 0.433. The van der Waals surface area contributed by atoms with E-state index in [9.17, 15) is 0 Å². The fourth-order valence-electron chi connectivity index (χ4n) is 5.59. The lowest BCUT2D eigenvalue weighted by atomic mass is 9.88. The van der Waals surface area contributed by atoms with Crippen molar-refractivity contribution in [3.8, 4) is 22.5 Å². The van der Waals surface area contributed by atoms with Gasteiger partial charge in [0.15, 0.2) is 0 Å². The molecule has 0 bridgehead atoms. The van der Waals surface area contributed by atoms with Gasteiger partial charge in [-0.2, -0.15) is 0 Å². The third-order valence-corrected chi connectivity index (χ3v) is 7.51. The lowest BCUT2D eigenvalue weighted by Gasteiger charge is -2.21. The Labute approximate surface area is 224 Å². The number of fused-ring (bicyclic) bond motifs is 2. The van der Waals surface area contributed by atoms with Gasteiger partial charge in [0, 0.05) is 17.3 Å². The number of imidazole rings is 1. The molecule has 4 heteroatoms. The summed E-state index contributed by atoms with van der Waals surface area (Å²) < 4.78 is 8.45. The molecule has 0 N–H and O–H groups in total. The fraction of sp³-hybridized carbons (Fsp3) is 0.235. The van der Waals surface area contributed by atoms with Crippen molar-refractivity contribution in [3.63, 3.8) is 0 Å². The standard InChI is InChI=1S/C34H33N3O/c1-21(2)26-9-8-10-27(22(3)4)29(26)19-37-32-12-7-6-11-31(32)36-34(37)30-20-38-33-14-13-24(18-28(30)33)25-15-16-35-23(5)17-25/h6-18,20-22H,19H2,1-5H3. The van der Waals surface area contributed by atoms with Gasteiger partial charge in [0.05, 0.1) is 23.1 Å². The molecule has 3 aromatic heterocycles. The van der Waals surface area contributed by atoms with Crippen LogP contribution in [0.5, 0.6) is 0 Å². The Hall–Kier alpha value is -4.18. The van der Waals surface area contributed by atoms with Crippen LogP contribution in [0.2, 0.25) is 0 Å². The van der Waals surface area contributed by atoms with Crippen molar-refractivity contribution in [3.05, 3.63) is 108 Å². The monoisotopic (exact) mass is 499 g/mol. The summed E-state index contributed by atoms with van der Waals surface area (Å²) >= 11 is 0. The molecule has 0 unspecified atom stereocenters. The molecule has 38 heavy (non-hydrogen) atoms. The fourth-order valence-corrected chi connectivity index (χ4v) is 5.59. The van der Waals surface area contributed by atoms with E-state index in [0.29, 0.717) is 11.8 Å². The van der Waals surface area contributed by atoms with Gasteiger partial charge < -0.3 is 8.98 Å². The van der Waals surface area contributed by atoms with Crippen LogP contribution in [0.3, 0.4) is 0 Å². The van der Waals surface area contributed by atoms with Crippen LogP contribution in [-0.4, -0.2) is 14.5 Å².